The zero-order valence-corrected chi connectivity index (χ0v) is 12.7. The van der Waals surface area contributed by atoms with Crippen LogP contribution in [0.4, 0.5) is 11.4 Å². The van der Waals surface area contributed by atoms with Crippen molar-refractivity contribution in [2.75, 3.05) is 24.2 Å². The third-order valence-corrected chi connectivity index (χ3v) is 3.76. The summed E-state index contributed by atoms with van der Waals surface area (Å²) < 4.78 is 0. The fourth-order valence-corrected chi connectivity index (χ4v) is 2.44. The van der Waals surface area contributed by atoms with Gasteiger partial charge in [0, 0.05) is 13.6 Å². The van der Waals surface area contributed by atoms with Crippen LogP contribution in [0.25, 0.3) is 0 Å². The number of carboxylic acids is 1. The normalized spacial score (nSPS) is 12.2. The molecule has 0 aliphatic heterocycles. The fraction of sp³-hybridized carbons (Fsp3) is 0.562. The number of aromatic carboxylic acids is 1. The maximum absolute atomic E-state index is 10.9. The van der Waals surface area contributed by atoms with Crippen molar-refractivity contribution in [2.24, 2.45) is 5.92 Å². The molecule has 20 heavy (non-hydrogen) atoms. The van der Waals surface area contributed by atoms with E-state index in [4.69, 9.17) is 10.8 Å². The molecule has 0 saturated carbocycles. The summed E-state index contributed by atoms with van der Waals surface area (Å²) in [6.07, 6.45) is 4.84. The van der Waals surface area contributed by atoms with Gasteiger partial charge >= 0.3 is 5.97 Å². The maximum Gasteiger partial charge on any atom is 0.335 e. The molecule has 0 aliphatic carbocycles. The van der Waals surface area contributed by atoms with Gasteiger partial charge in [0.15, 0.2) is 0 Å². The smallest absolute Gasteiger partial charge is 0.335 e. The van der Waals surface area contributed by atoms with Gasteiger partial charge in [-0.05, 0) is 30.5 Å². The Morgan fingerprint density at radius 1 is 1.40 bits per heavy atom. The average Bonchev–Trinajstić information content (AvgIpc) is 2.42. The van der Waals surface area contributed by atoms with Crippen LogP contribution >= 0.6 is 0 Å². The Kier molecular flexibility index (Phi) is 6.36. The van der Waals surface area contributed by atoms with E-state index in [1.165, 1.54) is 25.3 Å². The summed E-state index contributed by atoms with van der Waals surface area (Å²) in [6, 6.07) is 4.93. The van der Waals surface area contributed by atoms with E-state index in [2.05, 4.69) is 18.7 Å². The van der Waals surface area contributed by atoms with Crippen LogP contribution in [-0.2, 0) is 0 Å². The highest BCUT2D eigenvalue weighted by Gasteiger charge is 2.13. The van der Waals surface area contributed by atoms with Gasteiger partial charge in [0.2, 0.25) is 0 Å². The average molecular weight is 278 g/mol. The first-order valence-electron chi connectivity index (χ1n) is 7.33. The van der Waals surface area contributed by atoms with E-state index < -0.39 is 5.97 Å². The molecule has 0 radical (unpaired) electrons. The van der Waals surface area contributed by atoms with Crippen LogP contribution in [0.1, 0.15) is 49.9 Å². The van der Waals surface area contributed by atoms with E-state index in [-0.39, 0.29) is 5.56 Å². The standard InChI is InChI=1S/C16H26N2O2/c1-4-6-7-12(5-2)11-18(3)15-9-8-13(16(19)20)10-14(15)17/h8-10,12H,4-7,11,17H2,1-3H3,(H,19,20). The molecule has 0 bridgehead atoms. The molecule has 0 saturated heterocycles. The minimum Gasteiger partial charge on any atom is -0.478 e. The number of nitrogens with zero attached hydrogens (tertiary/aromatic N) is 1. The molecule has 1 unspecified atom stereocenters. The van der Waals surface area contributed by atoms with Gasteiger partial charge in [0.25, 0.3) is 0 Å². The Balaban J connectivity index is 2.76. The Morgan fingerprint density at radius 2 is 2.10 bits per heavy atom. The minimum absolute atomic E-state index is 0.234. The first-order chi connectivity index (χ1) is 9.49. The first-order valence-corrected chi connectivity index (χ1v) is 7.33. The number of nitrogens with two attached hydrogens (primary N) is 1. The summed E-state index contributed by atoms with van der Waals surface area (Å²) in [5.41, 5.74) is 7.64. The van der Waals surface area contributed by atoms with Gasteiger partial charge in [-0.25, -0.2) is 4.79 Å². The molecule has 0 aromatic heterocycles. The molecule has 3 N–H and O–H groups in total. The molecular formula is C16H26N2O2. The second-order valence-electron chi connectivity index (χ2n) is 5.38. The van der Waals surface area contributed by atoms with Gasteiger partial charge in [-0.1, -0.05) is 33.1 Å². The van der Waals surface area contributed by atoms with Crippen LogP contribution in [0.5, 0.6) is 0 Å². The minimum atomic E-state index is -0.944. The van der Waals surface area contributed by atoms with Gasteiger partial charge < -0.3 is 15.7 Å². The predicted octanol–water partition coefficient (Wildman–Crippen LogP) is 3.62. The number of hydrogen-bond donors (Lipinski definition) is 2. The molecule has 0 aliphatic rings. The number of carbonyl (C=O) groups is 1. The maximum atomic E-state index is 10.9. The van der Waals surface area contributed by atoms with Crippen LogP contribution in [0.2, 0.25) is 0 Å². The van der Waals surface area contributed by atoms with E-state index in [1.807, 2.05) is 7.05 Å². The predicted molar refractivity (Wildman–Crippen MR) is 84.4 cm³/mol. The Morgan fingerprint density at radius 3 is 2.60 bits per heavy atom. The second kappa shape index (κ2) is 7.78. The van der Waals surface area contributed by atoms with Crippen molar-refractivity contribution < 1.29 is 9.90 Å². The molecule has 4 heteroatoms. The molecule has 4 nitrogen and oxygen atoms in total. The van der Waals surface area contributed by atoms with Crippen molar-refractivity contribution in [3.8, 4) is 0 Å². The van der Waals surface area contributed by atoms with Crippen molar-refractivity contribution >= 4 is 17.3 Å². The summed E-state index contributed by atoms with van der Waals surface area (Å²) in [5.74, 6) is -0.293. The van der Waals surface area contributed by atoms with Crippen LogP contribution < -0.4 is 10.6 Å². The highest BCUT2D eigenvalue weighted by molar-refractivity contribution is 5.90. The van der Waals surface area contributed by atoms with E-state index in [1.54, 1.807) is 12.1 Å². The molecule has 0 fully saturated rings. The summed E-state index contributed by atoms with van der Waals surface area (Å²) in [7, 11) is 2.01. The van der Waals surface area contributed by atoms with E-state index in [9.17, 15) is 4.79 Å². The van der Waals surface area contributed by atoms with Crippen molar-refractivity contribution in [1.29, 1.82) is 0 Å². The Hall–Kier alpha value is -1.71. The number of nitrogen functional groups attached to an aromatic ring is 1. The third kappa shape index (κ3) is 4.44. The van der Waals surface area contributed by atoms with Gasteiger partial charge in [0.1, 0.15) is 0 Å². The number of carboxylic acid groups (broad SMARTS) is 1. The lowest BCUT2D eigenvalue weighted by Crippen LogP contribution is -2.26. The van der Waals surface area contributed by atoms with E-state index in [0.717, 1.165) is 18.7 Å². The van der Waals surface area contributed by atoms with Gasteiger partial charge in [-0.3, -0.25) is 0 Å². The fourth-order valence-electron chi connectivity index (χ4n) is 2.44. The van der Waals surface area contributed by atoms with Crippen LogP contribution in [0.3, 0.4) is 0 Å². The monoisotopic (exact) mass is 278 g/mol. The summed E-state index contributed by atoms with van der Waals surface area (Å²) in [4.78, 5) is 13.0. The lowest BCUT2D eigenvalue weighted by Gasteiger charge is -2.26. The molecule has 1 aromatic carbocycles. The third-order valence-electron chi connectivity index (χ3n) is 3.76. The van der Waals surface area contributed by atoms with Crippen LogP contribution in [0, 0.1) is 5.92 Å². The topological polar surface area (TPSA) is 66.6 Å². The summed E-state index contributed by atoms with van der Waals surface area (Å²) in [6.45, 7) is 5.37. The largest absolute Gasteiger partial charge is 0.478 e. The highest BCUT2D eigenvalue weighted by Crippen LogP contribution is 2.25. The lowest BCUT2D eigenvalue weighted by atomic mass is 9.98. The SMILES string of the molecule is CCCCC(CC)CN(C)c1ccc(C(=O)O)cc1N. The Labute approximate surface area is 121 Å². The quantitative estimate of drug-likeness (QED) is 0.713. The Bertz CT molecular complexity index is 446. The van der Waals surface area contributed by atoms with E-state index >= 15 is 0 Å². The summed E-state index contributed by atoms with van der Waals surface area (Å²) in [5, 5.41) is 8.95. The molecule has 112 valence electrons. The second-order valence-corrected chi connectivity index (χ2v) is 5.38. The zero-order valence-electron chi connectivity index (χ0n) is 12.7. The molecule has 1 atom stereocenters. The van der Waals surface area contributed by atoms with Crippen molar-refractivity contribution in [3.63, 3.8) is 0 Å². The van der Waals surface area contributed by atoms with Crippen LogP contribution in [-0.4, -0.2) is 24.7 Å². The molecule has 0 heterocycles. The highest BCUT2D eigenvalue weighted by atomic mass is 16.4. The summed E-state index contributed by atoms with van der Waals surface area (Å²) >= 11 is 0. The van der Waals surface area contributed by atoms with Gasteiger partial charge in [-0.2, -0.15) is 0 Å². The molecule has 1 rings (SSSR count). The number of benzene rings is 1. The number of hydrogen-bond acceptors (Lipinski definition) is 3. The van der Waals surface area contributed by atoms with Gasteiger partial charge in [0.05, 0.1) is 16.9 Å². The van der Waals surface area contributed by atoms with Crippen molar-refractivity contribution in [1.82, 2.24) is 0 Å². The zero-order chi connectivity index (χ0) is 15.1. The first kappa shape index (κ1) is 16.3. The van der Waals surface area contributed by atoms with Crippen molar-refractivity contribution in [3.05, 3.63) is 23.8 Å². The lowest BCUT2D eigenvalue weighted by molar-refractivity contribution is 0.0697. The number of anilines is 2. The molecule has 1 aromatic rings. The van der Waals surface area contributed by atoms with Gasteiger partial charge in [-0.15, -0.1) is 0 Å². The number of unbranched alkanes of at least 4 members (excludes halogenated alkanes) is 1. The van der Waals surface area contributed by atoms with Crippen molar-refractivity contribution in [2.45, 2.75) is 39.5 Å². The van der Waals surface area contributed by atoms with Crippen LogP contribution in [0.15, 0.2) is 18.2 Å². The molecular weight excluding hydrogens is 252 g/mol. The molecule has 0 amide bonds. The molecule has 0 spiro atoms. The number of rotatable bonds is 8. The van der Waals surface area contributed by atoms with E-state index in [0.29, 0.717) is 11.6 Å².